The van der Waals surface area contributed by atoms with E-state index in [1.54, 1.807) is 0 Å². The first-order valence-corrected chi connectivity index (χ1v) is 11.0. The van der Waals surface area contributed by atoms with Crippen LogP contribution in [0.2, 0.25) is 0 Å². The van der Waals surface area contributed by atoms with Gasteiger partial charge in [0, 0.05) is 32.2 Å². The van der Waals surface area contributed by atoms with Gasteiger partial charge in [0.05, 0.1) is 5.92 Å². The molecule has 2 heterocycles. The van der Waals surface area contributed by atoms with Gasteiger partial charge < -0.3 is 9.80 Å². The summed E-state index contributed by atoms with van der Waals surface area (Å²) in [6.07, 6.45) is 3.27. The minimum absolute atomic E-state index is 0.103. The molecule has 0 N–H and O–H groups in total. The Labute approximate surface area is 175 Å². The number of amides is 1. The Kier molecular flexibility index (Phi) is 6.63. The molecule has 0 radical (unpaired) electrons. The van der Waals surface area contributed by atoms with E-state index in [1.165, 1.54) is 31.5 Å². The molecule has 154 valence electrons. The summed E-state index contributed by atoms with van der Waals surface area (Å²) in [7, 11) is 2.21. The Morgan fingerprint density at radius 1 is 0.862 bits per heavy atom. The minimum Gasteiger partial charge on any atom is -0.340 e. The van der Waals surface area contributed by atoms with Gasteiger partial charge in [-0.3, -0.25) is 9.69 Å². The average Bonchev–Trinajstić information content (AvgIpc) is 2.79. The first-order valence-electron chi connectivity index (χ1n) is 11.0. The van der Waals surface area contributed by atoms with Crippen LogP contribution >= 0.6 is 0 Å². The molecule has 2 aliphatic heterocycles. The van der Waals surface area contributed by atoms with Crippen LogP contribution in [0.15, 0.2) is 60.7 Å². The van der Waals surface area contributed by atoms with Crippen molar-refractivity contribution in [2.24, 2.45) is 0 Å². The van der Waals surface area contributed by atoms with Crippen LogP contribution in [0.25, 0.3) is 0 Å². The van der Waals surface area contributed by atoms with Crippen molar-refractivity contribution in [3.8, 4) is 0 Å². The summed E-state index contributed by atoms with van der Waals surface area (Å²) in [6.45, 7) is 6.10. The van der Waals surface area contributed by atoms with E-state index >= 15 is 0 Å². The lowest BCUT2D eigenvalue weighted by Crippen LogP contribution is -2.54. The van der Waals surface area contributed by atoms with E-state index in [1.807, 2.05) is 24.3 Å². The SMILES string of the molecule is CN1CCC(N2CCN(C(=O)C(Cc3ccccc3)c3ccccc3)CC2)CC1. The van der Waals surface area contributed by atoms with Gasteiger partial charge in [0.1, 0.15) is 0 Å². The van der Waals surface area contributed by atoms with Crippen LogP contribution in [-0.4, -0.2) is 73.0 Å². The first-order chi connectivity index (χ1) is 14.2. The maximum Gasteiger partial charge on any atom is 0.230 e. The fourth-order valence-electron chi connectivity index (χ4n) is 4.77. The third-order valence-electron chi connectivity index (χ3n) is 6.61. The summed E-state index contributed by atoms with van der Waals surface area (Å²) in [6, 6.07) is 21.4. The molecule has 2 aromatic rings. The molecule has 4 nitrogen and oxygen atoms in total. The summed E-state index contributed by atoms with van der Waals surface area (Å²) in [5.41, 5.74) is 2.35. The minimum atomic E-state index is -0.103. The van der Waals surface area contributed by atoms with Gasteiger partial charge >= 0.3 is 0 Å². The number of piperidine rings is 1. The van der Waals surface area contributed by atoms with Crippen molar-refractivity contribution in [2.45, 2.75) is 31.2 Å². The quantitative estimate of drug-likeness (QED) is 0.783. The van der Waals surface area contributed by atoms with E-state index in [0.717, 1.165) is 38.2 Å². The lowest BCUT2D eigenvalue weighted by atomic mass is 9.90. The largest absolute Gasteiger partial charge is 0.340 e. The number of carbonyl (C=O) groups excluding carboxylic acids is 1. The highest BCUT2D eigenvalue weighted by atomic mass is 16.2. The zero-order valence-corrected chi connectivity index (χ0v) is 17.5. The van der Waals surface area contributed by atoms with Crippen LogP contribution in [-0.2, 0) is 11.2 Å². The van der Waals surface area contributed by atoms with E-state index in [2.05, 4.69) is 58.1 Å². The molecule has 0 spiro atoms. The van der Waals surface area contributed by atoms with Gasteiger partial charge in [-0.15, -0.1) is 0 Å². The molecule has 29 heavy (non-hydrogen) atoms. The van der Waals surface area contributed by atoms with Gasteiger partial charge in [-0.25, -0.2) is 0 Å². The van der Waals surface area contributed by atoms with Crippen LogP contribution in [0.3, 0.4) is 0 Å². The summed E-state index contributed by atoms with van der Waals surface area (Å²) in [5.74, 6) is 0.177. The molecule has 0 aromatic heterocycles. The monoisotopic (exact) mass is 391 g/mol. The average molecular weight is 392 g/mol. The van der Waals surface area contributed by atoms with Crippen LogP contribution < -0.4 is 0 Å². The third-order valence-corrected chi connectivity index (χ3v) is 6.61. The molecule has 2 fully saturated rings. The second-order valence-electron chi connectivity index (χ2n) is 8.55. The molecule has 2 aliphatic rings. The molecule has 0 bridgehead atoms. The molecule has 0 saturated carbocycles. The van der Waals surface area contributed by atoms with Crippen molar-refractivity contribution < 1.29 is 4.79 Å². The van der Waals surface area contributed by atoms with E-state index < -0.39 is 0 Å². The van der Waals surface area contributed by atoms with Gasteiger partial charge in [0.25, 0.3) is 0 Å². The lowest BCUT2D eigenvalue weighted by Gasteiger charge is -2.42. The standard InChI is InChI=1S/C25H33N3O/c1-26-14-12-23(13-15-26)27-16-18-28(19-17-27)25(29)24(22-10-6-3-7-11-22)20-21-8-4-2-5-9-21/h2-11,23-24H,12-20H2,1H3. The number of hydrogen-bond donors (Lipinski definition) is 0. The third kappa shape index (κ3) is 5.06. The van der Waals surface area contributed by atoms with E-state index in [-0.39, 0.29) is 11.8 Å². The number of likely N-dealkylation sites (tertiary alicyclic amines) is 1. The van der Waals surface area contributed by atoms with Crippen LogP contribution in [0.1, 0.15) is 29.9 Å². The smallest absolute Gasteiger partial charge is 0.230 e. The highest BCUT2D eigenvalue weighted by Gasteiger charge is 2.31. The van der Waals surface area contributed by atoms with Crippen LogP contribution in [0.5, 0.6) is 0 Å². The number of hydrogen-bond acceptors (Lipinski definition) is 3. The summed E-state index contributed by atoms with van der Waals surface area (Å²) in [5, 5.41) is 0. The van der Waals surface area contributed by atoms with Crippen molar-refractivity contribution in [1.82, 2.24) is 14.7 Å². The topological polar surface area (TPSA) is 26.8 Å². The number of piperazine rings is 1. The molecular weight excluding hydrogens is 358 g/mol. The van der Waals surface area contributed by atoms with Gasteiger partial charge in [0.15, 0.2) is 0 Å². The maximum atomic E-state index is 13.5. The van der Waals surface area contributed by atoms with Gasteiger partial charge in [0.2, 0.25) is 5.91 Å². The number of nitrogens with zero attached hydrogens (tertiary/aromatic N) is 3. The van der Waals surface area contributed by atoms with Gasteiger partial charge in [-0.1, -0.05) is 60.7 Å². The molecule has 4 rings (SSSR count). The molecular formula is C25H33N3O. The van der Waals surface area contributed by atoms with Crippen molar-refractivity contribution in [1.29, 1.82) is 0 Å². The zero-order chi connectivity index (χ0) is 20.1. The Morgan fingerprint density at radius 2 is 1.45 bits per heavy atom. The van der Waals surface area contributed by atoms with E-state index in [0.29, 0.717) is 6.04 Å². The fourth-order valence-corrected chi connectivity index (χ4v) is 4.77. The molecule has 2 aromatic carbocycles. The van der Waals surface area contributed by atoms with Crippen molar-refractivity contribution in [2.75, 3.05) is 46.3 Å². The number of rotatable bonds is 5. The molecule has 1 amide bonds. The fraction of sp³-hybridized carbons (Fsp3) is 0.480. The summed E-state index contributed by atoms with van der Waals surface area (Å²) in [4.78, 5) is 20.7. The van der Waals surface area contributed by atoms with Gasteiger partial charge in [-0.05, 0) is 50.5 Å². The van der Waals surface area contributed by atoms with Crippen LogP contribution in [0, 0.1) is 0 Å². The van der Waals surface area contributed by atoms with Crippen molar-refractivity contribution >= 4 is 5.91 Å². The Bertz CT molecular complexity index is 763. The Hall–Kier alpha value is -2.17. The van der Waals surface area contributed by atoms with E-state index in [9.17, 15) is 4.79 Å². The molecule has 4 heteroatoms. The predicted octanol–water partition coefficient (Wildman–Crippen LogP) is 3.25. The zero-order valence-electron chi connectivity index (χ0n) is 17.5. The second kappa shape index (κ2) is 9.55. The maximum absolute atomic E-state index is 13.5. The molecule has 1 atom stereocenters. The summed E-state index contributed by atoms with van der Waals surface area (Å²) < 4.78 is 0. The molecule has 1 unspecified atom stereocenters. The van der Waals surface area contributed by atoms with Crippen molar-refractivity contribution in [3.63, 3.8) is 0 Å². The summed E-state index contributed by atoms with van der Waals surface area (Å²) >= 11 is 0. The highest BCUT2D eigenvalue weighted by molar-refractivity contribution is 5.84. The number of carbonyl (C=O) groups is 1. The van der Waals surface area contributed by atoms with Crippen molar-refractivity contribution in [3.05, 3.63) is 71.8 Å². The normalized spacial score (nSPS) is 20.5. The van der Waals surface area contributed by atoms with Crippen LogP contribution in [0.4, 0.5) is 0 Å². The first kappa shape index (κ1) is 20.1. The molecule has 0 aliphatic carbocycles. The highest BCUT2D eigenvalue weighted by Crippen LogP contribution is 2.25. The lowest BCUT2D eigenvalue weighted by molar-refractivity contribution is -0.135. The van der Waals surface area contributed by atoms with E-state index in [4.69, 9.17) is 0 Å². The molecule has 2 saturated heterocycles. The van der Waals surface area contributed by atoms with Gasteiger partial charge in [-0.2, -0.15) is 0 Å². The Morgan fingerprint density at radius 3 is 2.07 bits per heavy atom. The predicted molar refractivity (Wildman–Crippen MR) is 118 cm³/mol. The number of benzene rings is 2. The second-order valence-corrected chi connectivity index (χ2v) is 8.55. The Balaban J connectivity index is 1.41.